The van der Waals surface area contributed by atoms with Gasteiger partial charge in [-0.1, -0.05) is 0 Å². The van der Waals surface area contributed by atoms with Gasteiger partial charge in [-0.3, -0.25) is 19.2 Å². The molecule has 0 radical (unpaired) electrons. The third-order valence-electron chi connectivity index (χ3n) is 3.49. The molecular weight excluding hydrogens is 370 g/mol. The zero-order valence-corrected chi connectivity index (χ0v) is 16.3. The molecule has 28 heavy (non-hydrogen) atoms. The number of carbonyl (C=O) groups excluding carboxylic acids is 4. The van der Waals surface area contributed by atoms with E-state index < -0.39 is 37.0 Å². The van der Waals surface area contributed by atoms with Crippen molar-refractivity contribution in [1.29, 1.82) is 0 Å². The highest BCUT2D eigenvalue weighted by Crippen LogP contribution is 2.22. The Morgan fingerprint density at radius 3 is 2.14 bits per heavy atom. The van der Waals surface area contributed by atoms with Crippen molar-refractivity contribution < 1.29 is 33.4 Å². The van der Waals surface area contributed by atoms with Gasteiger partial charge in [0.15, 0.2) is 6.61 Å². The molecule has 10 nitrogen and oxygen atoms in total. The Morgan fingerprint density at radius 2 is 1.61 bits per heavy atom. The number of methoxy groups -OCH3 is 2. The number of nitrogens with one attached hydrogen (secondary N) is 3. The van der Waals surface area contributed by atoms with Crippen molar-refractivity contribution in [3.63, 3.8) is 0 Å². The van der Waals surface area contributed by atoms with Gasteiger partial charge in [-0.15, -0.1) is 0 Å². The van der Waals surface area contributed by atoms with Gasteiger partial charge in [0.25, 0.3) is 11.8 Å². The molecule has 3 N–H and O–H groups in total. The van der Waals surface area contributed by atoms with E-state index in [1.54, 1.807) is 13.0 Å². The van der Waals surface area contributed by atoms with Crippen LogP contribution in [-0.2, 0) is 19.1 Å². The first-order chi connectivity index (χ1) is 13.3. The smallest absolute Gasteiger partial charge is 0.325 e. The third kappa shape index (κ3) is 7.52. The summed E-state index contributed by atoms with van der Waals surface area (Å²) in [6.45, 7) is 2.70. The molecule has 0 saturated carbocycles. The SMILES string of the molecule is CCNC(=O)[C@H](C)NC(=O)COC(=O)CNC(=O)c1cc(OC)cc(OC)c1. The molecule has 3 amide bonds. The molecule has 0 aromatic heterocycles. The molecule has 154 valence electrons. The zero-order chi connectivity index (χ0) is 21.1. The van der Waals surface area contributed by atoms with E-state index in [4.69, 9.17) is 14.2 Å². The Hall–Kier alpha value is -3.30. The molecule has 1 aromatic rings. The molecule has 0 unspecified atom stereocenters. The summed E-state index contributed by atoms with van der Waals surface area (Å²) >= 11 is 0. The summed E-state index contributed by atoms with van der Waals surface area (Å²) in [7, 11) is 2.90. The van der Waals surface area contributed by atoms with Crippen LogP contribution < -0.4 is 25.4 Å². The molecule has 0 bridgehead atoms. The van der Waals surface area contributed by atoms with Crippen LogP contribution in [0.3, 0.4) is 0 Å². The lowest BCUT2D eigenvalue weighted by Crippen LogP contribution is -2.46. The number of hydrogen-bond acceptors (Lipinski definition) is 7. The molecule has 1 atom stereocenters. The number of amides is 3. The monoisotopic (exact) mass is 395 g/mol. The van der Waals surface area contributed by atoms with Gasteiger partial charge in [-0.2, -0.15) is 0 Å². The quantitative estimate of drug-likeness (QED) is 0.460. The van der Waals surface area contributed by atoms with E-state index in [-0.39, 0.29) is 11.5 Å². The minimum absolute atomic E-state index is 0.234. The van der Waals surface area contributed by atoms with E-state index in [0.29, 0.717) is 18.0 Å². The van der Waals surface area contributed by atoms with Gasteiger partial charge in [0, 0.05) is 18.2 Å². The summed E-state index contributed by atoms with van der Waals surface area (Å²) in [5.74, 6) is -1.47. The molecule has 0 aliphatic heterocycles. The largest absolute Gasteiger partial charge is 0.497 e. The van der Waals surface area contributed by atoms with Crippen molar-refractivity contribution in [2.75, 3.05) is 33.9 Å². The molecule has 0 aliphatic carbocycles. The molecule has 1 rings (SSSR count). The number of ether oxygens (including phenoxy) is 3. The molecule has 0 fully saturated rings. The minimum atomic E-state index is -0.802. The normalized spacial score (nSPS) is 11.0. The first-order valence-electron chi connectivity index (χ1n) is 8.54. The summed E-state index contributed by atoms with van der Waals surface area (Å²) < 4.78 is 14.9. The first kappa shape index (κ1) is 22.7. The van der Waals surface area contributed by atoms with Gasteiger partial charge in [-0.25, -0.2) is 0 Å². The van der Waals surface area contributed by atoms with Crippen LogP contribution in [0.25, 0.3) is 0 Å². The highest BCUT2D eigenvalue weighted by molar-refractivity contribution is 5.97. The maximum Gasteiger partial charge on any atom is 0.325 e. The maximum absolute atomic E-state index is 12.2. The van der Waals surface area contributed by atoms with Crippen molar-refractivity contribution in [3.05, 3.63) is 23.8 Å². The average Bonchev–Trinajstić information content (AvgIpc) is 2.69. The lowest BCUT2D eigenvalue weighted by atomic mass is 10.2. The Balaban J connectivity index is 2.45. The van der Waals surface area contributed by atoms with Crippen LogP contribution in [0.2, 0.25) is 0 Å². The summed E-state index contributed by atoms with van der Waals surface area (Å²) in [6.07, 6.45) is 0. The topological polar surface area (TPSA) is 132 Å². The van der Waals surface area contributed by atoms with Gasteiger partial charge in [0.2, 0.25) is 5.91 Å². The van der Waals surface area contributed by atoms with Gasteiger partial charge in [0.1, 0.15) is 24.1 Å². The van der Waals surface area contributed by atoms with E-state index in [1.807, 2.05) is 0 Å². The number of carbonyl (C=O) groups is 4. The fraction of sp³-hybridized carbons (Fsp3) is 0.444. The second-order valence-electron chi connectivity index (χ2n) is 5.63. The molecule has 1 aromatic carbocycles. The molecule has 0 heterocycles. The number of likely N-dealkylation sites (N-methyl/N-ethyl adjacent to an activating group) is 1. The van der Waals surface area contributed by atoms with Gasteiger partial charge < -0.3 is 30.2 Å². The van der Waals surface area contributed by atoms with Gasteiger partial charge >= 0.3 is 5.97 Å². The number of rotatable bonds is 10. The number of hydrogen-bond donors (Lipinski definition) is 3. The van der Waals surface area contributed by atoms with Crippen molar-refractivity contribution in [2.45, 2.75) is 19.9 Å². The van der Waals surface area contributed by atoms with Crippen molar-refractivity contribution in [3.8, 4) is 11.5 Å². The molecular formula is C18H25N3O7. The van der Waals surface area contributed by atoms with E-state index in [2.05, 4.69) is 16.0 Å². The highest BCUT2D eigenvalue weighted by atomic mass is 16.5. The third-order valence-corrected chi connectivity index (χ3v) is 3.49. The van der Waals surface area contributed by atoms with Gasteiger partial charge in [-0.05, 0) is 26.0 Å². The predicted molar refractivity (Wildman–Crippen MR) is 99.1 cm³/mol. The average molecular weight is 395 g/mol. The summed E-state index contributed by atoms with van der Waals surface area (Å²) in [4.78, 5) is 47.1. The van der Waals surface area contributed by atoms with Crippen molar-refractivity contribution >= 4 is 23.7 Å². The van der Waals surface area contributed by atoms with Crippen LogP contribution in [0.15, 0.2) is 18.2 Å². The standard InChI is InChI=1S/C18H25N3O7/c1-5-19-17(24)11(2)21-15(22)10-28-16(23)9-20-18(25)12-6-13(26-3)8-14(7-12)27-4/h6-8,11H,5,9-10H2,1-4H3,(H,19,24)(H,20,25)(H,21,22)/t11-/m0/s1. The van der Waals surface area contributed by atoms with Gasteiger partial charge in [0.05, 0.1) is 14.2 Å². The fourth-order valence-corrected chi connectivity index (χ4v) is 2.07. The summed E-state index contributed by atoms with van der Waals surface area (Å²) in [5.41, 5.74) is 0.234. The van der Waals surface area contributed by atoms with Crippen LogP contribution in [-0.4, -0.2) is 63.6 Å². The van der Waals surface area contributed by atoms with Crippen LogP contribution in [0.1, 0.15) is 24.2 Å². The fourth-order valence-electron chi connectivity index (χ4n) is 2.07. The second kappa shape index (κ2) is 11.4. The molecule has 10 heteroatoms. The Morgan fingerprint density at radius 1 is 1.00 bits per heavy atom. The zero-order valence-electron chi connectivity index (χ0n) is 16.3. The Bertz CT molecular complexity index is 699. The van der Waals surface area contributed by atoms with E-state index in [0.717, 1.165) is 0 Å². The molecule has 0 saturated heterocycles. The van der Waals surface area contributed by atoms with Crippen molar-refractivity contribution in [1.82, 2.24) is 16.0 Å². The predicted octanol–water partition coefficient (Wildman–Crippen LogP) is -0.382. The number of esters is 1. The Kier molecular flexibility index (Phi) is 9.28. The van der Waals surface area contributed by atoms with Crippen molar-refractivity contribution in [2.24, 2.45) is 0 Å². The van der Waals surface area contributed by atoms with Crippen LogP contribution in [0, 0.1) is 0 Å². The highest BCUT2D eigenvalue weighted by Gasteiger charge is 2.16. The van der Waals surface area contributed by atoms with E-state index >= 15 is 0 Å². The van der Waals surface area contributed by atoms with E-state index in [1.165, 1.54) is 33.3 Å². The van der Waals surface area contributed by atoms with Crippen LogP contribution in [0.5, 0.6) is 11.5 Å². The molecule has 0 spiro atoms. The number of benzene rings is 1. The molecule has 0 aliphatic rings. The second-order valence-corrected chi connectivity index (χ2v) is 5.63. The Labute approximate surface area is 162 Å². The lowest BCUT2D eigenvalue weighted by molar-refractivity contribution is -0.147. The maximum atomic E-state index is 12.2. The van der Waals surface area contributed by atoms with E-state index in [9.17, 15) is 19.2 Å². The van der Waals surface area contributed by atoms with Crippen LogP contribution >= 0.6 is 0 Å². The van der Waals surface area contributed by atoms with Crippen LogP contribution in [0.4, 0.5) is 0 Å². The summed E-state index contributed by atoms with van der Waals surface area (Å²) in [6, 6.07) is 3.82. The minimum Gasteiger partial charge on any atom is -0.497 e. The lowest BCUT2D eigenvalue weighted by Gasteiger charge is -2.13. The summed E-state index contributed by atoms with van der Waals surface area (Å²) in [5, 5.41) is 7.33. The first-order valence-corrected chi connectivity index (χ1v) is 8.54.